The van der Waals surface area contributed by atoms with Crippen molar-refractivity contribution in [3.05, 3.63) is 41.4 Å². The predicted octanol–water partition coefficient (Wildman–Crippen LogP) is 2.42. The van der Waals surface area contributed by atoms with E-state index in [-0.39, 0.29) is 34.8 Å². The van der Waals surface area contributed by atoms with Gasteiger partial charge in [0.15, 0.2) is 5.76 Å². The molecule has 1 aliphatic rings. The van der Waals surface area contributed by atoms with Crippen molar-refractivity contribution in [1.82, 2.24) is 14.8 Å². The van der Waals surface area contributed by atoms with E-state index in [1.54, 1.807) is 0 Å². The van der Waals surface area contributed by atoms with Crippen molar-refractivity contribution in [3.63, 3.8) is 0 Å². The summed E-state index contributed by atoms with van der Waals surface area (Å²) in [6.45, 7) is -0.00888. The van der Waals surface area contributed by atoms with Crippen LogP contribution >= 0.6 is 0 Å². The summed E-state index contributed by atoms with van der Waals surface area (Å²) >= 11 is 0. The second-order valence-electron chi connectivity index (χ2n) is 4.82. The number of alkyl halides is 3. The Kier molecular flexibility index (Phi) is 3.35. The molecule has 120 valence electrons. The van der Waals surface area contributed by atoms with Gasteiger partial charge >= 0.3 is 12.1 Å². The maximum atomic E-state index is 12.7. The average molecular weight is 325 g/mol. The number of fused-ring (bicyclic) bond motifs is 1. The average Bonchev–Trinajstić information content (AvgIpc) is 3.06. The number of aliphatic hydroxyl groups excluding tert-OH is 1. The summed E-state index contributed by atoms with van der Waals surface area (Å²) in [7, 11) is 1.19. The zero-order chi connectivity index (χ0) is 16.8. The molecule has 0 bridgehead atoms. The fraction of sp³-hybridized carbons (Fsp3) is 0.214. The van der Waals surface area contributed by atoms with Gasteiger partial charge < -0.3 is 9.84 Å². The van der Waals surface area contributed by atoms with Crippen LogP contribution in [0, 0.1) is 0 Å². The first-order valence-corrected chi connectivity index (χ1v) is 6.43. The monoisotopic (exact) mass is 325 g/mol. The molecule has 0 aromatic carbocycles. The van der Waals surface area contributed by atoms with Crippen LogP contribution in [-0.4, -0.2) is 33.0 Å². The highest BCUT2D eigenvalue weighted by Gasteiger charge is 2.33. The topological polar surface area (TPSA) is 77.2 Å². The molecule has 1 N–H and O–H groups in total. The number of hydrogen-bond acceptors (Lipinski definition) is 5. The third-order valence-electron chi connectivity index (χ3n) is 3.39. The number of pyridine rings is 1. The largest absolute Gasteiger partial charge is 0.505 e. The summed E-state index contributed by atoms with van der Waals surface area (Å²) < 4.78 is 44.0. The van der Waals surface area contributed by atoms with Crippen molar-refractivity contribution in [3.8, 4) is 11.3 Å². The van der Waals surface area contributed by atoms with Crippen molar-refractivity contribution in [2.45, 2.75) is 12.7 Å². The van der Waals surface area contributed by atoms with Gasteiger partial charge in [0.2, 0.25) is 0 Å². The Morgan fingerprint density at radius 2 is 2.13 bits per heavy atom. The minimum atomic E-state index is -4.56. The zero-order valence-corrected chi connectivity index (χ0v) is 11.8. The lowest BCUT2D eigenvalue weighted by Gasteiger charge is -2.06. The molecular formula is C14H10F3N3O3. The minimum Gasteiger partial charge on any atom is -0.505 e. The van der Waals surface area contributed by atoms with E-state index in [2.05, 4.69) is 14.8 Å². The van der Waals surface area contributed by atoms with Crippen LogP contribution < -0.4 is 0 Å². The van der Waals surface area contributed by atoms with Gasteiger partial charge in [-0.25, -0.2) is 4.79 Å². The number of aliphatic hydroxyl groups is 1. The lowest BCUT2D eigenvalue weighted by Crippen LogP contribution is -2.09. The van der Waals surface area contributed by atoms with Crippen LogP contribution in [0.5, 0.6) is 0 Å². The molecule has 0 saturated carbocycles. The van der Waals surface area contributed by atoms with Gasteiger partial charge in [0, 0.05) is 11.8 Å². The van der Waals surface area contributed by atoms with E-state index in [4.69, 9.17) is 0 Å². The van der Waals surface area contributed by atoms with E-state index in [0.29, 0.717) is 0 Å². The Morgan fingerprint density at radius 1 is 1.39 bits per heavy atom. The number of carbonyl (C=O) groups is 1. The van der Waals surface area contributed by atoms with Crippen molar-refractivity contribution in [2.24, 2.45) is 0 Å². The van der Waals surface area contributed by atoms with Crippen LogP contribution in [0.4, 0.5) is 13.2 Å². The number of carbonyl (C=O) groups excluding carboxylic acids is 1. The van der Waals surface area contributed by atoms with Crippen LogP contribution in [0.2, 0.25) is 0 Å². The van der Waals surface area contributed by atoms with E-state index in [9.17, 15) is 23.1 Å². The van der Waals surface area contributed by atoms with E-state index < -0.39 is 17.8 Å². The second-order valence-corrected chi connectivity index (χ2v) is 4.82. The number of nitrogens with zero attached hydrogens (tertiary/aromatic N) is 3. The maximum Gasteiger partial charge on any atom is 0.433 e. The molecule has 0 atom stereocenters. The van der Waals surface area contributed by atoms with Gasteiger partial charge in [0.05, 0.1) is 19.3 Å². The molecule has 23 heavy (non-hydrogen) atoms. The molecule has 6 nitrogen and oxygen atoms in total. The Labute approximate surface area is 127 Å². The molecule has 3 heterocycles. The molecule has 0 unspecified atom stereocenters. The highest BCUT2D eigenvalue weighted by atomic mass is 19.4. The first-order valence-electron chi connectivity index (χ1n) is 6.43. The van der Waals surface area contributed by atoms with Crippen molar-refractivity contribution in [1.29, 1.82) is 0 Å². The molecular weight excluding hydrogens is 315 g/mol. The zero-order valence-electron chi connectivity index (χ0n) is 11.8. The maximum absolute atomic E-state index is 12.7. The Balaban J connectivity index is 1.99. The fourth-order valence-electron chi connectivity index (χ4n) is 2.28. The van der Waals surface area contributed by atoms with Gasteiger partial charge in [-0.05, 0) is 18.2 Å². The van der Waals surface area contributed by atoms with Crippen molar-refractivity contribution < 1.29 is 27.8 Å². The molecule has 0 radical (unpaired) electrons. The summed E-state index contributed by atoms with van der Waals surface area (Å²) in [5, 5.41) is 14.1. The summed E-state index contributed by atoms with van der Waals surface area (Å²) in [5.74, 6) is -0.974. The predicted molar refractivity (Wildman–Crippen MR) is 72.0 cm³/mol. The smallest absolute Gasteiger partial charge is 0.433 e. The van der Waals surface area contributed by atoms with E-state index in [1.165, 1.54) is 23.9 Å². The molecule has 1 aliphatic heterocycles. The van der Waals surface area contributed by atoms with Gasteiger partial charge in [0.25, 0.3) is 0 Å². The molecule has 0 saturated heterocycles. The molecule has 0 aliphatic carbocycles. The molecule has 9 heteroatoms. The first-order chi connectivity index (χ1) is 10.8. The third-order valence-corrected chi connectivity index (χ3v) is 3.39. The molecule has 0 fully saturated rings. The summed E-state index contributed by atoms with van der Waals surface area (Å²) in [4.78, 5) is 14.8. The van der Waals surface area contributed by atoms with Crippen LogP contribution in [0.15, 0.2) is 30.0 Å². The Hall–Kier alpha value is -2.84. The standard InChI is InChI=1S/C14H10F3N3O3/c1-23-13(22)8-6-20-10(12(8)21)5-9(19-20)7-2-3-18-11(4-7)14(15,16)17/h2-5,21H,6H2,1H3. The fourth-order valence-corrected chi connectivity index (χ4v) is 2.28. The number of ether oxygens (including phenoxy) is 1. The Morgan fingerprint density at radius 3 is 2.74 bits per heavy atom. The lowest BCUT2D eigenvalue weighted by molar-refractivity contribution is -0.141. The normalized spacial score (nSPS) is 14.1. The van der Waals surface area contributed by atoms with Crippen LogP contribution in [0.1, 0.15) is 11.4 Å². The number of hydrogen-bond donors (Lipinski definition) is 1. The molecule has 2 aromatic rings. The van der Waals surface area contributed by atoms with Gasteiger partial charge in [0.1, 0.15) is 17.0 Å². The number of halogens is 3. The lowest BCUT2D eigenvalue weighted by atomic mass is 10.1. The van der Waals surface area contributed by atoms with E-state index >= 15 is 0 Å². The van der Waals surface area contributed by atoms with Gasteiger partial charge in [-0.2, -0.15) is 18.3 Å². The SMILES string of the molecule is COC(=O)C1=C(O)c2cc(-c3ccnc(C(F)(F)F)c3)nn2C1. The molecule has 3 rings (SSSR count). The highest BCUT2D eigenvalue weighted by Crippen LogP contribution is 2.33. The first kappa shape index (κ1) is 15.1. The van der Waals surface area contributed by atoms with Crippen molar-refractivity contribution in [2.75, 3.05) is 7.11 Å². The number of rotatable bonds is 2. The molecule has 0 spiro atoms. The minimum absolute atomic E-state index is 0.00888. The van der Waals surface area contributed by atoms with Crippen LogP contribution in [-0.2, 0) is 22.3 Å². The number of methoxy groups -OCH3 is 1. The second kappa shape index (κ2) is 5.11. The summed E-state index contributed by atoms with van der Waals surface area (Å²) in [5.41, 5.74) is -0.291. The van der Waals surface area contributed by atoms with Gasteiger partial charge in [-0.15, -0.1) is 0 Å². The molecule has 2 aromatic heterocycles. The summed E-state index contributed by atoms with van der Waals surface area (Å²) in [6, 6.07) is 3.66. The third kappa shape index (κ3) is 2.54. The van der Waals surface area contributed by atoms with E-state index in [0.717, 1.165) is 12.3 Å². The summed E-state index contributed by atoms with van der Waals surface area (Å²) in [6.07, 6.45) is -3.52. The van der Waals surface area contributed by atoms with Crippen LogP contribution in [0.3, 0.4) is 0 Å². The Bertz CT molecular complexity index is 824. The van der Waals surface area contributed by atoms with Crippen molar-refractivity contribution >= 4 is 11.7 Å². The quantitative estimate of drug-likeness (QED) is 0.858. The van der Waals surface area contributed by atoms with E-state index in [1.807, 2.05) is 0 Å². The highest BCUT2D eigenvalue weighted by molar-refractivity contribution is 5.97. The van der Waals surface area contributed by atoms with Gasteiger partial charge in [-0.3, -0.25) is 9.67 Å². The van der Waals surface area contributed by atoms with Crippen LogP contribution in [0.25, 0.3) is 17.0 Å². The molecule has 0 amide bonds. The van der Waals surface area contributed by atoms with Gasteiger partial charge in [-0.1, -0.05) is 0 Å². The number of aromatic nitrogens is 3. The number of esters is 1.